The summed E-state index contributed by atoms with van der Waals surface area (Å²) in [5.41, 5.74) is 1.30. The van der Waals surface area contributed by atoms with Gasteiger partial charge in [0.05, 0.1) is 0 Å². The average Bonchev–Trinajstić information content (AvgIpc) is 3.07. The molecule has 0 radical (unpaired) electrons. The van der Waals surface area contributed by atoms with Gasteiger partial charge in [-0.3, -0.25) is 10.2 Å². The lowest BCUT2D eigenvalue weighted by Gasteiger charge is -2.17. The van der Waals surface area contributed by atoms with Crippen LogP contribution in [-0.2, 0) is 13.6 Å². The van der Waals surface area contributed by atoms with Gasteiger partial charge in [-0.1, -0.05) is 37.3 Å². The van der Waals surface area contributed by atoms with Gasteiger partial charge in [0.25, 0.3) is 0 Å². The molecule has 2 N–H and O–H groups in total. The summed E-state index contributed by atoms with van der Waals surface area (Å²) in [5, 5.41) is 9.69. The van der Waals surface area contributed by atoms with Gasteiger partial charge >= 0.3 is 6.03 Å². The van der Waals surface area contributed by atoms with Crippen molar-refractivity contribution in [1.29, 1.82) is 0 Å². The van der Waals surface area contributed by atoms with Crippen molar-refractivity contribution in [3.63, 3.8) is 0 Å². The number of likely N-dealkylation sites (tertiary alicyclic amines) is 1. The number of amides is 2. The van der Waals surface area contributed by atoms with Gasteiger partial charge in [-0.15, -0.1) is 0 Å². The van der Waals surface area contributed by atoms with Crippen LogP contribution in [0.1, 0.15) is 12.5 Å². The second-order valence-corrected chi connectivity index (χ2v) is 6.07. The minimum Gasteiger partial charge on any atom is -0.333 e. The van der Waals surface area contributed by atoms with Gasteiger partial charge in [-0.2, -0.15) is 10.1 Å². The third kappa shape index (κ3) is 3.87. The van der Waals surface area contributed by atoms with Crippen molar-refractivity contribution in [2.75, 3.05) is 18.4 Å². The first-order chi connectivity index (χ1) is 11.1. The van der Waals surface area contributed by atoms with Gasteiger partial charge in [0.1, 0.15) is 6.33 Å². The van der Waals surface area contributed by atoms with Crippen molar-refractivity contribution in [1.82, 2.24) is 25.0 Å². The summed E-state index contributed by atoms with van der Waals surface area (Å²) in [4.78, 5) is 18.5. The summed E-state index contributed by atoms with van der Waals surface area (Å²) in [6.07, 6.45) is 1.41. The highest BCUT2D eigenvalue weighted by atomic mass is 16.2. The first-order valence-electron chi connectivity index (χ1n) is 7.79. The molecular weight excluding hydrogens is 292 g/mol. The van der Waals surface area contributed by atoms with Crippen LogP contribution in [0.15, 0.2) is 36.7 Å². The Morgan fingerprint density at radius 2 is 2.09 bits per heavy atom. The van der Waals surface area contributed by atoms with Crippen LogP contribution in [0.3, 0.4) is 0 Å². The van der Waals surface area contributed by atoms with Crippen LogP contribution in [0.5, 0.6) is 0 Å². The molecule has 122 valence electrons. The van der Waals surface area contributed by atoms with Gasteiger partial charge in [-0.25, -0.2) is 9.48 Å². The molecule has 1 saturated heterocycles. The normalized spacial score (nSPS) is 21.3. The van der Waals surface area contributed by atoms with Crippen LogP contribution < -0.4 is 10.6 Å². The summed E-state index contributed by atoms with van der Waals surface area (Å²) in [5.74, 6) is 0.846. The minimum absolute atomic E-state index is 0.131. The van der Waals surface area contributed by atoms with E-state index >= 15 is 0 Å². The molecule has 0 spiro atoms. The third-order valence-corrected chi connectivity index (χ3v) is 4.19. The second kappa shape index (κ2) is 6.78. The Morgan fingerprint density at radius 1 is 1.30 bits per heavy atom. The van der Waals surface area contributed by atoms with E-state index in [0.717, 1.165) is 19.6 Å². The van der Waals surface area contributed by atoms with E-state index in [-0.39, 0.29) is 12.1 Å². The van der Waals surface area contributed by atoms with E-state index in [9.17, 15) is 4.79 Å². The quantitative estimate of drug-likeness (QED) is 0.896. The van der Waals surface area contributed by atoms with Crippen LogP contribution in [0.25, 0.3) is 0 Å². The zero-order valence-corrected chi connectivity index (χ0v) is 13.4. The molecule has 1 aliphatic heterocycles. The van der Waals surface area contributed by atoms with Gasteiger partial charge in [0, 0.05) is 32.7 Å². The summed E-state index contributed by atoms with van der Waals surface area (Å²) in [7, 11) is 1.74. The van der Waals surface area contributed by atoms with E-state index in [0.29, 0.717) is 11.9 Å². The predicted octanol–water partition coefficient (Wildman–Crippen LogP) is 1.46. The topological polar surface area (TPSA) is 75.1 Å². The molecule has 1 aromatic heterocycles. The van der Waals surface area contributed by atoms with Crippen LogP contribution in [0.4, 0.5) is 10.7 Å². The lowest BCUT2D eigenvalue weighted by atomic mass is 10.1. The number of benzene rings is 1. The Labute approximate surface area is 135 Å². The highest BCUT2D eigenvalue weighted by molar-refractivity contribution is 5.87. The monoisotopic (exact) mass is 314 g/mol. The molecule has 0 bridgehead atoms. The Hall–Kier alpha value is -2.41. The van der Waals surface area contributed by atoms with Crippen molar-refractivity contribution in [2.24, 2.45) is 13.0 Å². The standard InChI is InChI=1S/C16H22N6O/c1-12-8-22(9-13-6-4-3-5-7-13)10-14(12)19-16(23)20-15-17-11-18-21(15)2/h3-7,11-12,14H,8-10H2,1-2H3,(H2,17,18,19,20,23)/t12-,14+/m0/s1. The zero-order chi connectivity index (χ0) is 16.2. The minimum atomic E-state index is -0.237. The summed E-state index contributed by atoms with van der Waals surface area (Å²) >= 11 is 0. The Kier molecular flexibility index (Phi) is 4.57. The van der Waals surface area contributed by atoms with Crippen molar-refractivity contribution in [3.8, 4) is 0 Å². The molecule has 0 saturated carbocycles. The maximum absolute atomic E-state index is 12.1. The number of urea groups is 1. The van der Waals surface area contributed by atoms with Crippen LogP contribution in [0, 0.1) is 5.92 Å². The lowest BCUT2D eigenvalue weighted by molar-refractivity contribution is 0.245. The number of hydrogen-bond acceptors (Lipinski definition) is 4. The van der Waals surface area contributed by atoms with Crippen LogP contribution in [-0.4, -0.2) is 44.8 Å². The molecule has 0 unspecified atom stereocenters. The molecule has 0 aliphatic carbocycles. The highest BCUT2D eigenvalue weighted by Gasteiger charge is 2.30. The molecule has 2 heterocycles. The van der Waals surface area contributed by atoms with E-state index in [4.69, 9.17) is 0 Å². The molecule has 1 aromatic carbocycles. The zero-order valence-electron chi connectivity index (χ0n) is 13.4. The number of aryl methyl sites for hydroxylation is 1. The first kappa shape index (κ1) is 15.5. The molecule has 3 rings (SSSR count). The van der Waals surface area contributed by atoms with E-state index in [2.05, 4.69) is 56.8 Å². The Morgan fingerprint density at radius 3 is 2.78 bits per heavy atom. The molecule has 2 amide bonds. The SMILES string of the molecule is C[C@H]1CN(Cc2ccccc2)C[C@H]1NC(=O)Nc1ncnn1C. The van der Waals surface area contributed by atoms with Crippen LogP contribution >= 0.6 is 0 Å². The molecular formula is C16H22N6O. The van der Waals surface area contributed by atoms with Gasteiger partial charge in [0.15, 0.2) is 0 Å². The number of carbonyl (C=O) groups excluding carboxylic acids is 1. The summed E-state index contributed by atoms with van der Waals surface area (Å²) in [6.45, 7) is 4.90. The summed E-state index contributed by atoms with van der Waals surface area (Å²) in [6, 6.07) is 10.3. The van der Waals surface area contributed by atoms with Crippen molar-refractivity contribution in [3.05, 3.63) is 42.2 Å². The number of hydrogen-bond donors (Lipinski definition) is 2. The fourth-order valence-corrected chi connectivity index (χ4v) is 2.94. The predicted molar refractivity (Wildman–Crippen MR) is 87.8 cm³/mol. The number of nitrogens with one attached hydrogen (secondary N) is 2. The average molecular weight is 314 g/mol. The maximum atomic E-state index is 12.1. The molecule has 7 nitrogen and oxygen atoms in total. The fraction of sp³-hybridized carbons (Fsp3) is 0.438. The first-order valence-corrected chi connectivity index (χ1v) is 7.79. The van der Waals surface area contributed by atoms with Crippen LogP contribution in [0.2, 0.25) is 0 Å². The second-order valence-electron chi connectivity index (χ2n) is 6.07. The smallest absolute Gasteiger partial charge is 0.321 e. The highest BCUT2D eigenvalue weighted by Crippen LogP contribution is 2.19. The fourth-order valence-electron chi connectivity index (χ4n) is 2.94. The molecule has 1 fully saturated rings. The number of rotatable bonds is 4. The van der Waals surface area contributed by atoms with Gasteiger partial charge in [-0.05, 0) is 11.5 Å². The van der Waals surface area contributed by atoms with Gasteiger partial charge in [0.2, 0.25) is 5.95 Å². The van der Waals surface area contributed by atoms with E-state index in [1.807, 2.05) is 6.07 Å². The molecule has 1 aliphatic rings. The van der Waals surface area contributed by atoms with E-state index in [1.54, 1.807) is 7.05 Å². The van der Waals surface area contributed by atoms with E-state index in [1.165, 1.54) is 16.6 Å². The number of anilines is 1. The van der Waals surface area contributed by atoms with Crippen molar-refractivity contribution >= 4 is 12.0 Å². The number of nitrogens with zero attached hydrogens (tertiary/aromatic N) is 4. The van der Waals surface area contributed by atoms with E-state index < -0.39 is 0 Å². The molecule has 2 aromatic rings. The Bertz CT molecular complexity index is 656. The Balaban J connectivity index is 1.52. The van der Waals surface area contributed by atoms with Gasteiger partial charge < -0.3 is 5.32 Å². The number of aromatic nitrogens is 3. The largest absolute Gasteiger partial charge is 0.333 e. The van der Waals surface area contributed by atoms with Crippen molar-refractivity contribution < 1.29 is 4.79 Å². The molecule has 2 atom stereocenters. The molecule has 23 heavy (non-hydrogen) atoms. The maximum Gasteiger partial charge on any atom is 0.321 e. The molecule has 7 heteroatoms. The third-order valence-electron chi connectivity index (χ3n) is 4.19. The number of carbonyl (C=O) groups is 1. The van der Waals surface area contributed by atoms with Crippen molar-refractivity contribution in [2.45, 2.75) is 19.5 Å². The lowest BCUT2D eigenvalue weighted by Crippen LogP contribution is -2.42. The summed E-state index contributed by atoms with van der Waals surface area (Å²) < 4.78 is 1.53.